The van der Waals surface area contributed by atoms with E-state index in [0.29, 0.717) is 10.7 Å². The van der Waals surface area contributed by atoms with Gasteiger partial charge in [0.25, 0.3) is 5.91 Å². The van der Waals surface area contributed by atoms with Crippen LogP contribution in [0.2, 0.25) is 0 Å². The molecule has 0 aliphatic heterocycles. The molecule has 0 bridgehead atoms. The molecule has 1 N–H and O–H groups in total. The summed E-state index contributed by atoms with van der Waals surface area (Å²) in [5.41, 5.74) is 2.45. The Labute approximate surface area is 136 Å². The molecule has 22 heavy (non-hydrogen) atoms. The first kappa shape index (κ1) is 14.7. The molecule has 0 saturated heterocycles. The molecular formula is C16H13N3OS2. The maximum absolute atomic E-state index is 12.3. The lowest BCUT2D eigenvalue weighted by molar-refractivity contribution is 0.102. The number of benzene rings is 1. The second-order valence-corrected chi connectivity index (χ2v) is 6.20. The number of thioether (sulfide) groups is 1. The number of carbonyl (C=O) groups is 1. The molecule has 1 aromatic carbocycles. The standard InChI is InChI=1S/C16H13N3OS2/c1-21-13-4-2-3-12(9-13)15(20)19-16-18-14(10-22-16)11-5-7-17-8-6-11/h2-10H,1H3,(H,18,19,20). The van der Waals surface area contributed by atoms with Gasteiger partial charge in [0.15, 0.2) is 5.13 Å². The second kappa shape index (κ2) is 6.72. The fourth-order valence-electron chi connectivity index (χ4n) is 1.92. The largest absolute Gasteiger partial charge is 0.298 e. The summed E-state index contributed by atoms with van der Waals surface area (Å²) in [6, 6.07) is 11.3. The highest BCUT2D eigenvalue weighted by Crippen LogP contribution is 2.25. The minimum atomic E-state index is -0.147. The van der Waals surface area contributed by atoms with Crippen molar-refractivity contribution >= 4 is 34.1 Å². The molecule has 0 atom stereocenters. The van der Waals surface area contributed by atoms with Crippen LogP contribution in [-0.2, 0) is 0 Å². The Kier molecular flexibility index (Phi) is 4.50. The first-order valence-corrected chi connectivity index (χ1v) is 8.68. The molecule has 0 fully saturated rings. The number of nitrogens with zero attached hydrogens (tertiary/aromatic N) is 2. The summed E-state index contributed by atoms with van der Waals surface area (Å²) in [5.74, 6) is -0.147. The number of anilines is 1. The van der Waals surface area contributed by atoms with Crippen molar-refractivity contribution in [3.8, 4) is 11.3 Å². The van der Waals surface area contributed by atoms with Crippen molar-refractivity contribution in [2.45, 2.75) is 4.90 Å². The molecule has 4 nitrogen and oxygen atoms in total. The van der Waals surface area contributed by atoms with Crippen molar-refractivity contribution in [1.29, 1.82) is 0 Å². The van der Waals surface area contributed by atoms with E-state index < -0.39 is 0 Å². The summed E-state index contributed by atoms with van der Waals surface area (Å²) < 4.78 is 0. The number of carbonyl (C=O) groups excluding carboxylic acids is 1. The van der Waals surface area contributed by atoms with E-state index in [1.807, 2.05) is 42.0 Å². The molecule has 1 amide bonds. The van der Waals surface area contributed by atoms with E-state index in [4.69, 9.17) is 0 Å². The Bertz CT molecular complexity index is 787. The van der Waals surface area contributed by atoms with Crippen molar-refractivity contribution in [3.63, 3.8) is 0 Å². The van der Waals surface area contributed by atoms with Crippen LogP contribution in [0.3, 0.4) is 0 Å². The molecular weight excluding hydrogens is 314 g/mol. The lowest BCUT2D eigenvalue weighted by Gasteiger charge is -2.03. The highest BCUT2D eigenvalue weighted by atomic mass is 32.2. The number of rotatable bonds is 4. The zero-order chi connectivity index (χ0) is 15.4. The van der Waals surface area contributed by atoms with Crippen molar-refractivity contribution in [3.05, 3.63) is 59.7 Å². The number of pyridine rings is 1. The van der Waals surface area contributed by atoms with Crippen LogP contribution in [0.1, 0.15) is 10.4 Å². The third-order valence-electron chi connectivity index (χ3n) is 3.03. The number of hydrogen-bond acceptors (Lipinski definition) is 5. The molecule has 0 unspecified atom stereocenters. The van der Waals surface area contributed by atoms with Crippen molar-refractivity contribution < 1.29 is 4.79 Å². The van der Waals surface area contributed by atoms with Crippen LogP contribution in [0.5, 0.6) is 0 Å². The van der Waals surface area contributed by atoms with Crippen LogP contribution in [0.15, 0.2) is 59.1 Å². The third kappa shape index (κ3) is 3.35. The molecule has 0 aliphatic carbocycles. The predicted molar refractivity (Wildman–Crippen MR) is 91.5 cm³/mol. The summed E-state index contributed by atoms with van der Waals surface area (Å²) in [5, 5.41) is 5.35. The number of thiazole rings is 1. The minimum Gasteiger partial charge on any atom is -0.298 e. The van der Waals surface area contributed by atoms with Gasteiger partial charge in [-0.05, 0) is 36.6 Å². The Balaban J connectivity index is 1.76. The van der Waals surface area contributed by atoms with E-state index in [1.165, 1.54) is 11.3 Å². The highest BCUT2D eigenvalue weighted by molar-refractivity contribution is 7.98. The van der Waals surface area contributed by atoms with E-state index in [0.717, 1.165) is 16.2 Å². The Morgan fingerprint density at radius 3 is 2.82 bits per heavy atom. The van der Waals surface area contributed by atoms with E-state index in [-0.39, 0.29) is 5.91 Å². The molecule has 0 aliphatic rings. The number of aromatic nitrogens is 2. The highest BCUT2D eigenvalue weighted by Gasteiger charge is 2.10. The van der Waals surface area contributed by atoms with Gasteiger partial charge in [-0.3, -0.25) is 15.1 Å². The minimum absolute atomic E-state index is 0.147. The monoisotopic (exact) mass is 327 g/mol. The van der Waals surface area contributed by atoms with Gasteiger partial charge in [-0.1, -0.05) is 6.07 Å². The van der Waals surface area contributed by atoms with Gasteiger partial charge in [0.2, 0.25) is 0 Å². The van der Waals surface area contributed by atoms with E-state index in [9.17, 15) is 4.79 Å². The lowest BCUT2D eigenvalue weighted by atomic mass is 10.2. The van der Waals surface area contributed by atoms with Gasteiger partial charge < -0.3 is 0 Å². The zero-order valence-electron chi connectivity index (χ0n) is 11.8. The van der Waals surface area contributed by atoms with Crippen molar-refractivity contribution in [1.82, 2.24) is 9.97 Å². The summed E-state index contributed by atoms with van der Waals surface area (Å²) >= 11 is 3.02. The topological polar surface area (TPSA) is 54.9 Å². The second-order valence-electron chi connectivity index (χ2n) is 4.46. The maximum atomic E-state index is 12.3. The normalized spacial score (nSPS) is 10.4. The SMILES string of the molecule is CSc1cccc(C(=O)Nc2nc(-c3ccncc3)cs2)c1. The molecule has 3 rings (SSSR count). The zero-order valence-corrected chi connectivity index (χ0v) is 13.4. The summed E-state index contributed by atoms with van der Waals surface area (Å²) in [7, 11) is 0. The van der Waals surface area contributed by atoms with Gasteiger partial charge in [-0.15, -0.1) is 23.1 Å². The van der Waals surface area contributed by atoms with Gasteiger partial charge in [0, 0.05) is 33.8 Å². The van der Waals surface area contributed by atoms with E-state index in [2.05, 4.69) is 15.3 Å². The van der Waals surface area contributed by atoms with Crippen LogP contribution >= 0.6 is 23.1 Å². The quantitative estimate of drug-likeness (QED) is 0.730. The molecule has 3 aromatic rings. The fourth-order valence-corrected chi connectivity index (χ4v) is 3.09. The van der Waals surface area contributed by atoms with Crippen LogP contribution in [0.25, 0.3) is 11.3 Å². The van der Waals surface area contributed by atoms with Crippen LogP contribution < -0.4 is 5.32 Å². The smallest absolute Gasteiger partial charge is 0.257 e. The lowest BCUT2D eigenvalue weighted by Crippen LogP contribution is -2.11. The maximum Gasteiger partial charge on any atom is 0.257 e. The number of nitrogens with one attached hydrogen (secondary N) is 1. The van der Waals surface area contributed by atoms with Crippen LogP contribution in [-0.4, -0.2) is 22.1 Å². The van der Waals surface area contributed by atoms with Gasteiger partial charge >= 0.3 is 0 Å². The average Bonchev–Trinajstić information content (AvgIpc) is 3.04. The molecule has 110 valence electrons. The summed E-state index contributed by atoms with van der Waals surface area (Å²) in [6.45, 7) is 0. The molecule has 2 aromatic heterocycles. The van der Waals surface area contributed by atoms with Crippen LogP contribution in [0, 0.1) is 0 Å². The third-order valence-corrected chi connectivity index (χ3v) is 4.52. The summed E-state index contributed by atoms with van der Waals surface area (Å²) in [6.07, 6.45) is 5.43. The molecule has 0 radical (unpaired) electrons. The Morgan fingerprint density at radius 1 is 1.23 bits per heavy atom. The Hall–Kier alpha value is -2.18. The van der Waals surface area contributed by atoms with Crippen molar-refractivity contribution in [2.75, 3.05) is 11.6 Å². The predicted octanol–water partition coefficient (Wildman–Crippen LogP) is 4.18. The first-order chi connectivity index (χ1) is 10.8. The van der Waals surface area contributed by atoms with E-state index >= 15 is 0 Å². The first-order valence-electron chi connectivity index (χ1n) is 6.57. The fraction of sp³-hybridized carbons (Fsp3) is 0.0625. The summed E-state index contributed by atoms with van der Waals surface area (Å²) in [4.78, 5) is 21.8. The molecule has 6 heteroatoms. The van der Waals surface area contributed by atoms with Crippen LogP contribution in [0.4, 0.5) is 5.13 Å². The van der Waals surface area contributed by atoms with Gasteiger partial charge in [0.1, 0.15) is 0 Å². The molecule has 0 saturated carbocycles. The Morgan fingerprint density at radius 2 is 2.05 bits per heavy atom. The van der Waals surface area contributed by atoms with Gasteiger partial charge in [-0.2, -0.15) is 0 Å². The van der Waals surface area contributed by atoms with Gasteiger partial charge in [-0.25, -0.2) is 4.98 Å². The van der Waals surface area contributed by atoms with Gasteiger partial charge in [0.05, 0.1) is 5.69 Å². The van der Waals surface area contributed by atoms with Crippen molar-refractivity contribution in [2.24, 2.45) is 0 Å². The molecule has 0 spiro atoms. The van der Waals surface area contributed by atoms with E-state index in [1.54, 1.807) is 30.2 Å². The molecule has 2 heterocycles. The number of amides is 1. The average molecular weight is 327 g/mol. The number of hydrogen-bond donors (Lipinski definition) is 1.